The molecule has 0 aliphatic heterocycles. The van der Waals surface area contributed by atoms with Gasteiger partial charge in [-0.05, 0) is 61.0 Å². The number of aromatic nitrogens is 1. The van der Waals surface area contributed by atoms with Crippen LogP contribution >= 0.6 is 23.2 Å². The van der Waals surface area contributed by atoms with E-state index in [4.69, 9.17) is 27.9 Å². The molecule has 3 nitrogen and oxygen atoms in total. The fourth-order valence-electron chi connectivity index (χ4n) is 2.51. The topological polar surface area (TPSA) is 39.2 Å². The minimum Gasteiger partial charge on any atom is -0.497 e. The van der Waals surface area contributed by atoms with Crippen LogP contribution in [0.4, 0.5) is 0 Å². The summed E-state index contributed by atoms with van der Waals surface area (Å²) < 4.78 is 5.18. The number of carbonyl (C=O) groups is 1. The van der Waals surface area contributed by atoms with Crippen LogP contribution in [0.25, 0.3) is 11.3 Å². The van der Waals surface area contributed by atoms with Gasteiger partial charge >= 0.3 is 0 Å². The number of hydrogen-bond donors (Lipinski definition) is 0. The van der Waals surface area contributed by atoms with Crippen LogP contribution in [0.2, 0.25) is 10.0 Å². The Morgan fingerprint density at radius 3 is 2.36 bits per heavy atom. The van der Waals surface area contributed by atoms with Crippen LogP contribution in [0.15, 0.2) is 54.6 Å². The van der Waals surface area contributed by atoms with Crippen molar-refractivity contribution in [3.8, 4) is 17.0 Å². The fourth-order valence-corrected chi connectivity index (χ4v) is 3.00. The van der Waals surface area contributed by atoms with Gasteiger partial charge in [-0.15, -0.1) is 0 Å². The van der Waals surface area contributed by atoms with Gasteiger partial charge < -0.3 is 4.74 Å². The van der Waals surface area contributed by atoms with Crippen molar-refractivity contribution in [3.63, 3.8) is 0 Å². The zero-order valence-electron chi connectivity index (χ0n) is 13.7. The molecule has 0 amide bonds. The van der Waals surface area contributed by atoms with Gasteiger partial charge in [-0.25, -0.2) is 4.98 Å². The van der Waals surface area contributed by atoms with Gasteiger partial charge in [0, 0.05) is 16.1 Å². The Hall–Kier alpha value is -2.36. The number of hydrogen-bond acceptors (Lipinski definition) is 3. The third-order valence-electron chi connectivity index (χ3n) is 3.87. The highest BCUT2D eigenvalue weighted by atomic mass is 35.5. The highest BCUT2D eigenvalue weighted by Gasteiger charge is 2.16. The van der Waals surface area contributed by atoms with E-state index in [2.05, 4.69) is 4.98 Å². The van der Waals surface area contributed by atoms with Crippen molar-refractivity contribution in [1.29, 1.82) is 0 Å². The minimum absolute atomic E-state index is 0.239. The lowest BCUT2D eigenvalue weighted by Gasteiger charge is -2.09. The van der Waals surface area contributed by atoms with Gasteiger partial charge in [0.05, 0.1) is 17.8 Å². The molecule has 126 valence electrons. The molecule has 25 heavy (non-hydrogen) atoms. The number of ether oxygens (including phenoxy) is 1. The second-order valence-electron chi connectivity index (χ2n) is 5.54. The third kappa shape index (κ3) is 3.68. The molecule has 1 heterocycles. The number of aryl methyl sites for hydroxylation is 1. The molecule has 0 saturated carbocycles. The summed E-state index contributed by atoms with van der Waals surface area (Å²) in [6, 6.07) is 15.9. The van der Waals surface area contributed by atoms with E-state index >= 15 is 0 Å². The van der Waals surface area contributed by atoms with Crippen molar-refractivity contribution in [3.05, 3.63) is 81.5 Å². The molecule has 0 radical (unpaired) electrons. The molecule has 2 aromatic carbocycles. The van der Waals surface area contributed by atoms with Crippen LogP contribution in [-0.2, 0) is 0 Å². The molecular weight excluding hydrogens is 357 g/mol. The number of halogens is 2. The summed E-state index contributed by atoms with van der Waals surface area (Å²) in [5, 5.41) is 0.795. The summed E-state index contributed by atoms with van der Waals surface area (Å²) in [5.41, 5.74) is 3.35. The van der Waals surface area contributed by atoms with Gasteiger partial charge in [0.15, 0.2) is 0 Å². The lowest BCUT2D eigenvalue weighted by molar-refractivity contribution is 0.103. The van der Waals surface area contributed by atoms with Crippen molar-refractivity contribution in [2.45, 2.75) is 6.92 Å². The van der Waals surface area contributed by atoms with Gasteiger partial charge in [-0.2, -0.15) is 0 Å². The van der Waals surface area contributed by atoms with E-state index in [1.165, 1.54) is 0 Å². The first-order chi connectivity index (χ1) is 12.0. The summed E-state index contributed by atoms with van der Waals surface area (Å²) in [6.45, 7) is 1.95. The second kappa shape index (κ2) is 7.26. The van der Waals surface area contributed by atoms with E-state index in [0.29, 0.717) is 21.3 Å². The van der Waals surface area contributed by atoms with Gasteiger partial charge in [0.1, 0.15) is 11.4 Å². The summed E-state index contributed by atoms with van der Waals surface area (Å²) in [5.74, 6) is 0.526. The average molecular weight is 372 g/mol. The van der Waals surface area contributed by atoms with Crippen LogP contribution in [-0.4, -0.2) is 17.9 Å². The summed E-state index contributed by atoms with van der Waals surface area (Å²) in [4.78, 5) is 17.3. The van der Waals surface area contributed by atoms with Gasteiger partial charge in [0.25, 0.3) is 0 Å². The smallest absolute Gasteiger partial charge is 0.212 e. The summed E-state index contributed by atoms with van der Waals surface area (Å²) >= 11 is 12.0. The van der Waals surface area contributed by atoms with E-state index in [-0.39, 0.29) is 5.78 Å². The molecular formula is C20H15Cl2NO2. The van der Waals surface area contributed by atoms with E-state index < -0.39 is 0 Å². The van der Waals surface area contributed by atoms with Crippen LogP contribution < -0.4 is 4.74 Å². The van der Waals surface area contributed by atoms with E-state index in [1.807, 2.05) is 37.3 Å². The Morgan fingerprint density at radius 1 is 1.00 bits per heavy atom. The molecule has 0 aliphatic carbocycles. The van der Waals surface area contributed by atoms with Crippen LogP contribution in [0, 0.1) is 6.92 Å². The van der Waals surface area contributed by atoms with E-state index in [0.717, 1.165) is 22.6 Å². The Kier molecular flexibility index (Phi) is 5.07. The molecule has 1 aromatic heterocycles. The first-order valence-electron chi connectivity index (χ1n) is 7.61. The number of rotatable bonds is 4. The molecule has 0 N–H and O–H groups in total. The zero-order valence-corrected chi connectivity index (χ0v) is 15.2. The SMILES string of the molecule is COc1ccc(-c2nc(C(=O)c3ccc(Cl)cc3Cl)ccc2C)cc1. The average Bonchev–Trinajstić information content (AvgIpc) is 2.62. The van der Waals surface area contributed by atoms with Crippen molar-refractivity contribution in [1.82, 2.24) is 4.98 Å². The molecule has 3 aromatic rings. The molecule has 0 aliphatic rings. The lowest BCUT2D eigenvalue weighted by Crippen LogP contribution is -2.06. The summed E-state index contributed by atoms with van der Waals surface area (Å²) in [7, 11) is 1.62. The number of pyridine rings is 1. The maximum Gasteiger partial charge on any atom is 0.212 e. The van der Waals surface area contributed by atoms with Gasteiger partial charge in [-0.1, -0.05) is 29.3 Å². The van der Waals surface area contributed by atoms with E-state index in [9.17, 15) is 4.79 Å². The monoisotopic (exact) mass is 371 g/mol. The van der Waals surface area contributed by atoms with Crippen molar-refractivity contribution in [2.24, 2.45) is 0 Å². The first kappa shape index (κ1) is 17.5. The molecule has 0 unspecified atom stereocenters. The van der Waals surface area contributed by atoms with Gasteiger partial charge in [-0.3, -0.25) is 4.79 Å². The number of nitrogens with zero attached hydrogens (tertiary/aromatic N) is 1. The molecule has 3 rings (SSSR count). The van der Waals surface area contributed by atoms with Crippen molar-refractivity contribution < 1.29 is 9.53 Å². The molecule has 5 heteroatoms. The second-order valence-corrected chi connectivity index (χ2v) is 6.39. The highest BCUT2D eigenvalue weighted by molar-refractivity contribution is 6.37. The normalized spacial score (nSPS) is 10.6. The Labute approximate surface area is 156 Å². The number of benzene rings is 2. The summed E-state index contributed by atoms with van der Waals surface area (Å²) in [6.07, 6.45) is 0. The molecule has 0 atom stereocenters. The highest BCUT2D eigenvalue weighted by Crippen LogP contribution is 2.27. The largest absolute Gasteiger partial charge is 0.497 e. The first-order valence-corrected chi connectivity index (χ1v) is 8.37. The number of ketones is 1. The molecule has 0 spiro atoms. The van der Waals surface area contributed by atoms with Crippen molar-refractivity contribution in [2.75, 3.05) is 7.11 Å². The van der Waals surface area contributed by atoms with Crippen LogP contribution in [0.1, 0.15) is 21.6 Å². The van der Waals surface area contributed by atoms with Crippen LogP contribution in [0.3, 0.4) is 0 Å². The van der Waals surface area contributed by atoms with Crippen molar-refractivity contribution >= 4 is 29.0 Å². The standard InChI is InChI=1S/C20H15Cl2NO2/c1-12-3-10-18(20(24)16-9-6-14(21)11-17(16)22)23-19(12)13-4-7-15(25-2)8-5-13/h3-11H,1-2H3. The molecule has 0 fully saturated rings. The van der Waals surface area contributed by atoms with Crippen LogP contribution in [0.5, 0.6) is 5.75 Å². The Bertz CT molecular complexity index is 937. The lowest BCUT2D eigenvalue weighted by atomic mass is 10.0. The van der Waals surface area contributed by atoms with E-state index in [1.54, 1.807) is 31.4 Å². The maximum absolute atomic E-state index is 12.8. The fraction of sp³-hybridized carbons (Fsp3) is 0.100. The third-order valence-corrected chi connectivity index (χ3v) is 4.42. The molecule has 0 saturated heterocycles. The Morgan fingerprint density at radius 2 is 1.72 bits per heavy atom. The predicted molar refractivity (Wildman–Crippen MR) is 101 cm³/mol. The number of carbonyl (C=O) groups excluding carboxylic acids is 1. The molecule has 0 bridgehead atoms. The minimum atomic E-state index is -0.239. The quantitative estimate of drug-likeness (QED) is 0.560. The maximum atomic E-state index is 12.8. The van der Waals surface area contributed by atoms with Gasteiger partial charge in [0.2, 0.25) is 5.78 Å². The predicted octanol–water partition coefficient (Wildman–Crippen LogP) is 5.60. The number of methoxy groups -OCH3 is 1. The Balaban J connectivity index is 2.02. The zero-order chi connectivity index (χ0) is 18.0.